The van der Waals surface area contributed by atoms with Gasteiger partial charge in [0.15, 0.2) is 5.43 Å². The van der Waals surface area contributed by atoms with E-state index < -0.39 is 6.04 Å². The quantitative estimate of drug-likeness (QED) is 0.389. The first-order valence-corrected chi connectivity index (χ1v) is 12.2. The summed E-state index contributed by atoms with van der Waals surface area (Å²) in [5, 5.41) is 0.512. The number of amides is 1. The van der Waals surface area contributed by atoms with Gasteiger partial charge in [-0.2, -0.15) is 0 Å². The predicted octanol–water partition coefficient (Wildman–Crippen LogP) is 5.17. The van der Waals surface area contributed by atoms with E-state index in [4.69, 9.17) is 9.15 Å². The number of fused-ring (bicyclic) bond motifs is 2. The molecule has 1 unspecified atom stereocenters. The summed E-state index contributed by atoms with van der Waals surface area (Å²) in [6.07, 6.45) is 4.62. The average molecular weight is 463 g/mol. The number of aryl methyl sites for hydroxylation is 1. The number of likely N-dealkylation sites (N-methyl/N-ethyl adjacent to an activating group) is 1. The summed E-state index contributed by atoms with van der Waals surface area (Å²) < 4.78 is 11.9. The summed E-state index contributed by atoms with van der Waals surface area (Å²) >= 11 is 0. The first kappa shape index (κ1) is 24.0. The zero-order chi connectivity index (χ0) is 24.2. The Bertz CT molecular complexity index is 1210. The molecular weight excluding hydrogens is 428 g/mol. The third kappa shape index (κ3) is 4.87. The molecule has 0 saturated heterocycles. The molecule has 1 aliphatic heterocycles. The highest BCUT2D eigenvalue weighted by molar-refractivity contribution is 5.99. The maximum atomic E-state index is 13.6. The largest absolute Gasteiger partial charge is 0.494 e. The minimum atomic E-state index is -0.484. The summed E-state index contributed by atoms with van der Waals surface area (Å²) in [7, 11) is 3.94. The second-order valence-corrected chi connectivity index (χ2v) is 9.36. The molecule has 1 amide bonds. The molecule has 3 aromatic rings. The number of hydrogen-bond donors (Lipinski definition) is 0. The van der Waals surface area contributed by atoms with Gasteiger partial charge in [-0.05, 0) is 57.3 Å². The van der Waals surface area contributed by atoms with E-state index in [0.29, 0.717) is 36.2 Å². The molecule has 0 radical (unpaired) electrons. The van der Waals surface area contributed by atoms with E-state index in [9.17, 15) is 9.59 Å². The fourth-order valence-corrected chi connectivity index (χ4v) is 4.48. The van der Waals surface area contributed by atoms with Crippen LogP contribution in [0.15, 0.2) is 51.7 Å². The maximum Gasteiger partial charge on any atom is 0.290 e. The number of nitrogens with zero attached hydrogens (tertiary/aromatic N) is 2. The number of ether oxygens (including phenoxy) is 1. The van der Waals surface area contributed by atoms with Crippen molar-refractivity contribution >= 4 is 16.9 Å². The van der Waals surface area contributed by atoms with Gasteiger partial charge in [0.05, 0.1) is 23.6 Å². The molecule has 2 aromatic carbocycles. The zero-order valence-electron chi connectivity index (χ0n) is 20.6. The fraction of sp³-hybridized carbons (Fsp3) is 0.429. The number of benzene rings is 2. The molecule has 2 heterocycles. The Labute approximate surface area is 201 Å². The Morgan fingerprint density at radius 1 is 1.03 bits per heavy atom. The van der Waals surface area contributed by atoms with Crippen molar-refractivity contribution in [3.05, 3.63) is 75.1 Å². The van der Waals surface area contributed by atoms with Gasteiger partial charge >= 0.3 is 0 Å². The van der Waals surface area contributed by atoms with Crippen molar-refractivity contribution in [3.8, 4) is 5.75 Å². The monoisotopic (exact) mass is 462 g/mol. The van der Waals surface area contributed by atoms with E-state index in [1.807, 2.05) is 62.3 Å². The third-order valence-corrected chi connectivity index (χ3v) is 6.37. The van der Waals surface area contributed by atoms with Crippen LogP contribution in [0.25, 0.3) is 11.0 Å². The number of rotatable bonds is 10. The molecule has 180 valence electrons. The van der Waals surface area contributed by atoms with Crippen LogP contribution in [-0.4, -0.2) is 49.5 Å². The molecule has 0 saturated carbocycles. The highest BCUT2D eigenvalue weighted by Crippen LogP contribution is 2.38. The van der Waals surface area contributed by atoms with E-state index in [1.165, 1.54) is 19.3 Å². The topological polar surface area (TPSA) is 63.0 Å². The van der Waals surface area contributed by atoms with Gasteiger partial charge < -0.3 is 19.0 Å². The van der Waals surface area contributed by atoms with Crippen molar-refractivity contribution in [1.29, 1.82) is 0 Å². The lowest BCUT2D eigenvalue weighted by Crippen LogP contribution is -2.35. The van der Waals surface area contributed by atoms with Crippen LogP contribution in [0.2, 0.25) is 0 Å². The Balaban J connectivity index is 1.69. The highest BCUT2D eigenvalue weighted by Gasteiger charge is 2.42. The molecule has 0 bridgehead atoms. The molecule has 0 spiro atoms. The molecular formula is C28H34N2O4. The van der Waals surface area contributed by atoms with Crippen molar-refractivity contribution in [2.75, 3.05) is 33.8 Å². The first-order chi connectivity index (χ1) is 16.4. The predicted molar refractivity (Wildman–Crippen MR) is 135 cm³/mol. The molecule has 1 aromatic heterocycles. The Hall–Kier alpha value is -3.12. The van der Waals surface area contributed by atoms with Crippen LogP contribution in [0.4, 0.5) is 0 Å². The maximum absolute atomic E-state index is 13.6. The van der Waals surface area contributed by atoms with Gasteiger partial charge in [0.1, 0.15) is 11.3 Å². The lowest BCUT2D eigenvalue weighted by Gasteiger charge is -2.26. The van der Waals surface area contributed by atoms with Crippen molar-refractivity contribution in [3.63, 3.8) is 0 Å². The lowest BCUT2D eigenvalue weighted by atomic mass is 9.98. The number of unbranched alkanes of at least 4 members (excludes halogenated alkanes) is 3. The van der Waals surface area contributed by atoms with E-state index in [0.717, 1.165) is 23.3 Å². The average Bonchev–Trinajstić information content (AvgIpc) is 3.10. The summed E-state index contributed by atoms with van der Waals surface area (Å²) in [4.78, 5) is 30.8. The van der Waals surface area contributed by atoms with Crippen LogP contribution in [0.5, 0.6) is 5.75 Å². The van der Waals surface area contributed by atoms with Crippen LogP contribution in [0, 0.1) is 6.92 Å². The molecule has 34 heavy (non-hydrogen) atoms. The summed E-state index contributed by atoms with van der Waals surface area (Å²) in [6, 6.07) is 12.8. The molecule has 0 aliphatic carbocycles. The van der Waals surface area contributed by atoms with Crippen molar-refractivity contribution < 1.29 is 13.9 Å². The Kier molecular flexibility index (Phi) is 7.37. The normalized spacial score (nSPS) is 15.4. The number of carbonyl (C=O) groups is 1. The van der Waals surface area contributed by atoms with Crippen LogP contribution in [0.3, 0.4) is 0 Å². The van der Waals surface area contributed by atoms with E-state index in [2.05, 4.69) is 6.92 Å². The van der Waals surface area contributed by atoms with Crippen molar-refractivity contribution in [1.82, 2.24) is 9.80 Å². The van der Waals surface area contributed by atoms with Gasteiger partial charge in [0, 0.05) is 13.1 Å². The Morgan fingerprint density at radius 2 is 1.79 bits per heavy atom. The lowest BCUT2D eigenvalue weighted by molar-refractivity contribution is 0.0716. The van der Waals surface area contributed by atoms with E-state index in [-0.39, 0.29) is 17.1 Å². The molecule has 4 rings (SSSR count). The second-order valence-electron chi connectivity index (χ2n) is 9.36. The van der Waals surface area contributed by atoms with Gasteiger partial charge in [0.25, 0.3) is 5.91 Å². The van der Waals surface area contributed by atoms with Crippen LogP contribution in [0.1, 0.15) is 65.9 Å². The summed E-state index contributed by atoms with van der Waals surface area (Å²) in [5.41, 5.74) is 2.59. The van der Waals surface area contributed by atoms with Gasteiger partial charge in [0.2, 0.25) is 5.76 Å². The fourth-order valence-electron chi connectivity index (χ4n) is 4.48. The van der Waals surface area contributed by atoms with Gasteiger partial charge in [-0.25, -0.2) is 0 Å². The summed E-state index contributed by atoms with van der Waals surface area (Å²) in [5.74, 6) is 0.713. The SMILES string of the molecule is CCCCCCOc1ccc(C2c3c(oc4ccc(C)cc4c3=O)C(=O)N2CCN(C)C)cc1. The molecule has 1 atom stereocenters. The minimum absolute atomic E-state index is 0.137. The molecule has 0 N–H and O–H groups in total. The van der Waals surface area contributed by atoms with Crippen molar-refractivity contribution in [2.45, 2.75) is 45.6 Å². The van der Waals surface area contributed by atoms with Gasteiger partial charge in [-0.15, -0.1) is 0 Å². The van der Waals surface area contributed by atoms with E-state index >= 15 is 0 Å². The Morgan fingerprint density at radius 3 is 2.50 bits per heavy atom. The van der Waals surface area contributed by atoms with E-state index in [1.54, 1.807) is 11.0 Å². The third-order valence-electron chi connectivity index (χ3n) is 6.37. The standard InChI is InChI=1S/C28H34N2O4/c1-5-6-7-8-17-33-21-12-10-20(11-13-21)25-24-26(31)22-18-19(2)9-14-23(22)34-27(24)28(32)30(25)16-15-29(3)4/h9-14,18,25H,5-8,15-17H2,1-4H3. The second kappa shape index (κ2) is 10.4. The summed E-state index contributed by atoms with van der Waals surface area (Å²) in [6.45, 7) is 6.00. The van der Waals surface area contributed by atoms with Crippen LogP contribution < -0.4 is 10.2 Å². The zero-order valence-corrected chi connectivity index (χ0v) is 20.6. The minimum Gasteiger partial charge on any atom is -0.494 e. The highest BCUT2D eigenvalue weighted by atomic mass is 16.5. The molecule has 6 heteroatoms. The van der Waals surface area contributed by atoms with Gasteiger partial charge in [-0.3, -0.25) is 9.59 Å². The smallest absolute Gasteiger partial charge is 0.290 e. The first-order valence-electron chi connectivity index (χ1n) is 12.2. The van der Waals surface area contributed by atoms with Crippen LogP contribution >= 0.6 is 0 Å². The molecule has 0 fully saturated rings. The number of hydrogen-bond acceptors (Lipinski definition) is 5. The molecule has 1 aliphatic rings. The van der Waals surface area contributed by atoms with Crippen LogP contribution in [-0.2, 0) is 0 Å². The number of carbonyl (C=O) groups excluding carboxylic acids is 1. The van der Waals surface area contributed by atoms with Gasteiger partial charge in [-0.1, -0.05) is 49.9 Å². The molecule has 6 nitrogen and oxygen atoms in total. The van der Waals surface area contributed by atoms with Crippen molar-refractivity contribution in [2.24, 2.45) is 0 Å².